The minimum Gasteiger partial charge on any atom is -0.475 e. The summed E-state index contributed by atoms with van der Waals surface area (Å²) in [5.74, 6) is 0.789. The Morgan fingerprint density at radius 3 is 2.76 bits per heavy atom. The number of ether oxygens (including phenoxy) is 1. The van der Waals surface area contributed by atoms with E-state index in [1.807, 2.05) is 18.2 Å². The van der Waals surface area contributed by atoms with Crippen molar-refractivity contribution in [3.05, 3.63) is 22.7 Å². The van der Waals surface area contributed by atoms with Gasteiger partial charge in [0.1, 0.15) is 5.75 Å². The van der Waals surface area contributed by atoms with E-state index in [2.05, 4.69) is 21.2 Å². The number of halogens is 1. The van der Waals surface area contributed by atoms with Crippen LogP contribution < -0.4 is 10.1 Å². The highest BCUT2D eigenvalue weighted by molar-refractivity contribution is 9.10. The van der Waals surface area contributed by atoms with Gasteiger partial charge in [-0.3, -0.25) is 4.79 Å². The molecule has 3 rings (SSSR count). The number of nitrogens with one attached hydrogen (secondary N) is 1. The van der Waals surface area contributed by atoms with Gasteiger partial charge in [-0.1, -0.05) is 12.5 Å². The maximum absolute atomic E-state index is 12.2. The van der Waals surface area contributed by atoms with Gasteiger partial charge in [0.2, 0.25) is 0 Å². The van der Waals surface area contributed by atoms with Crippen LogP contribution in [0.5, 0.6) is 5.75 Å². The molecule has 0 bridgehead atoms. The molecule has 4 heteroatoms. The van der Waals surface area contributed by atoms with Gasteiger partial charge in [0.25, 0.3) is 5.91 Å². The van der Waals surface area contributed by atoms with E-state index in [1.54, 1.807) is 0 Å². The molecule has 1 saturated carbocycles. The maximum Gasteiger partial charge on any atom is 0.268 e. The number of para-hydroxylation sites is 1. The lowest BCUT2D eigenvalue weighted by Gasteiger charge is -2.40. The van der Waals surface area contributed by atoms with Gasteiger partial charge in [-0.25, -0.2) is 0 Å². The zero-order valence-electron chi connectivity index (χ0n) is 9.46. The van der Waals surface area contributed by atoms with Gasteiger partial charge in [-0.15, -0.1) is 0 Å². The number of carbonyl (C=O) groups excluding carboxylic acids is 1. The monoisotopic (exact) mass is 295 g/mol. The molecule has 1 amide bonds. The minimum absolute atomic E-state index is 0.0107. The van der Waals surface area contributed by atoms with Crippen molar-refractivity contribution in [2.24, 2.45) is 0 Å². The summed E-state index contributed by atoms with van der Waals surface area (Å²) in [7, 11) is 0. The number of amides is 1. The van der Waals surface area contributed by atoms with Gasteiger partial charge < -0.3 is 10.1 Å². The quantitative estimate of drug-likeness (QED) is 0.796. The van der Waals surface area contributed by atoms with E-state index in [9.17, 15) is 4.79 Å². The summed E-state index contributed by atoms with van der Waals surface area (Å²) >= 11 is 3.43. The summed E-state index contributed by atoms with van der Waals surface area (Å²) in [5.41, 5.74) is 0.139. The van der Waals surface area contributed by atoms with Crippen molar-refractivity contribution in [3.8, 4) is 5.75 Å². The third-order valence-electron chi connectivity index (χ3n) is 3.59. The minimum atomic E-state index is -0.619. The summed E-state index contributed by atoms with van der Waals surface area (Å²) in [6.45, 7) is 0. The molecule has 0 aromatic heterocycles. The Morgan fingerprint density at radius 1 is 1.24 bits per heavy atom. The van der Waals surface area contributed by atoms with Gasteiger partial charge in [-0.2, -0.15) is 0 Å². The summed E-state index contributed by atoms with van der Waals surface area (Å²) in [6, 6.07) is 5.74. The van der Waals surface area contributed by atoms with Gasteiger partial charge in [0, 0.05) is 4.47 Å². The first-order chi connectivity index (χ1) is 8.21. The fourth-order valence-electron chi connectivity index (χ4n) is 2.65. The van der Waals surface area contributed by atoms with Crippen molar-refractivity contribution in [2.75, 3.05) is 5.32 Å². The lowest BCUT2D eigenvalue weighted by Crippen LogP contribution is -2.52. The Kier molecular flexibility index (Phi) is 2.62. The molecule has 1 aromatic rings. The smallest absolute Gasteiger partial charge is 0.268 e. The van der Waals surface area contributed by atoms with Crippen molar-refractivity contribution >= 4 is 27.5 Å². The highest BCUT2D eigenvalue weighted by Gasteiger charge is 2.45. The van der Waals surface area contributed by atoms with Crippen molar-refractivity contribution in [2.45, 2.75) is 37.7 Å². The van der Waals surface area contributed by atoms with Crippen LogP contribution in [0.1, 0.15) is 32.1 Å². The second kappa shape index (κ2) is 4.02. The topological polar surface area (TPSA) is 38.3 Å². The lowest BCUT2D eigenvalue weighted by molar-refractivity contribution is -0.135. The van der Waals surface area contributed by atoms with Crippen LogP contribution in [0, 0.1) is 0 Å². The number of rotatable bonds is 0. The fraction of sp³-hybridized carbons (Fsp3) is 0.462. The zero-order chi connectivity index (χ0) is 11.9. The number of anilines is 1. The number of hydrogen-bond acceptors (Lipinski definition) is 2. The third kappa shape index (κ3) is 1.75. The molecule has 2 aliphatic rings. The molecule has 1 heterocycles. The van der Waals surface area contributed by atoms with Gasteiger partial charge in [0.15, 0.2) is 5.60 Å². The Balaban J connectivity index is 2.00. The number of benzene rings is 1. The van der Waals surface area contributed by atoms with E-state index in [4.69, 9.17) is 4.74 Å². The van der Waals surface area contributed by atoms with Crippen molar-refractivity contribution < 1.29 is 9.53 Å². The van der Waals surface area contributed by atoms with Crippen LogP contribution in [0.4, 0.5) is 5.69 Å². The lowest BCUT2D eigenvalue weighted by atomic mass is 9.83. The highest BCUT2D eigenvalue weighted by atomic mass is 79.9. The molecule has 1 aliphatic heterocycles. The molecule has 1 fully saturated rings. The second-order valence-electron chi connectivity index (χ2n) is 4.72. The highest BCUT2D eigenvalue weighted by Crippen LogP contribution is 2.43. The Labute approximate surface area is 109 Å². The van der Waals surface area contributed by atoms with E-state index < -0.39 is 5.60 Å². The van der Waals surface area contributed by atoms with E-state index in [-0.39, 0.29) is 5.91 Å². The fourth-order valence-corrected chi connectivity index (χ4v) is 3.09. The van der Waals surface area contributed by atoms with E-state index >= 15 is 0 Å². The molecule has 1 N–H and O–H groups in total. The van der Waals surface area contributed by atoms with Crippen LogP contribution in [0.2, 0.25) is 0 Å². The molecule has 3 nitrogen and oxygen atoms in total. The Hall–Kier alpha value is -1.03. The molecule has 1 aromatic carbocycles. The summed E-state index contributed by atoms with van der Waals surface area (Å²) in [6.07, 6.45) is 4.98. The normalized spacial score (nSPS) is 21.6. The first-order valence-corrected chi connectivity index (χ1v) is 6.80. The van der Waals surface area contributed by atoms with Crippen molar-refractivity contribution in [1.82, 2.24) is 0 Å². The Morgan fingerprint density at radius 2 is 2.00 bits per heavy atom. The van der Waals surface area contributed by atoms with Gasteiger partial charge in [-0.05, 0) is 53.7 Å². The number of carbonyl (C=O) groups is 1. The van der Waals surface area contributed by atoms with Crippen LogP contribution in [0.15, 0.2) is 22.7 Å². The molecular formula is C13H14BrNO2. The standard InChI is InChI=1S/C13H14BrNO2/c14-9-5-4-6-10-11(9)15-12(16)13(17-10)7-2-1-3-8-13/h4-6H,1-3,7-8H2,(H,15,16). The van der Waals surface area contributed by atoms with Crippen molar-refractivity contribution in [1.29, 1.82) is 0 Å². The van der Waals surface area contributed by atoms with Crippen LogP contribution in [-0.2, 0) is 4.79 Å². The summed E-state index contributed by atoms with van der Waals surface area (Å²) in [5, 5.41) is 2.98. The second-order valence-corrected chi connectivity index (χ2v) is 5.58. The van der Waals surface area contributed by atoms with Gasteiger partial charge in [0.05, 0.1) is 5.69 Å². The first-order valence-electron chi connectivity index (χ1n) is 6.00. The first kappa shape index (κ1) is 11.1. The molecule has 90 valence electrons. The molecule has 0 unspecified atom stereocenters. The van der Waals surface area contributed by atoms with E-state index in [0.29, 0.717) is 0 Å². The van der Waals surface area contributed by atoms with Crippen LogP contribution in [-0.4, -0.2) is 11.5 Å². The summed E-state index contributed by atoms with van der Waals surface area (Å²) in [4.78, 5) is 12.2. The molecule has 1 spiro atoms. The van der Waals surface area contributed by atoms with E-state index in [0.717, 1.165) is 41.6 Å². The van der Waals surface area contributed by atoms with Crippen molar-refractivity contribution in [3.63, 3.8) is 0 Å². The average Bonchev–Trinajstić information content (AvgIpc) is 2.33. The van der Waals surface area contributed by atoms with Crippen LogP contribution in [0.25, 0.3) is 0 Å². The molecule has 0 radical (unpaired) electrons. The third-order valence-corrected chi connectivity index (χ3v) is 4.26. The maximum atomic E-state index is 12.2. The SMILES string of the molecule is O=C1Nc2c(Br)cccc2OC12CCCCC2. The number of fused-ring (bicyclic) bond motifs is 1. The predicted molar refractivity (Wildman–Crippen MR) is 69.2 cm³/mol. The van der Waals surface area contributed by atoms with E-state index in [1.165, 1.54) is 6.42 Å². The van der Waals surface area contributed by atoms with Gasteiger partial charge >= 0.3 is 0 Å². The average molecular weight is 296 g/mol. The molecule has 1 aliphatic carbocycles. The predicted octanol–water partition coefficient (Wildman–Crippen LogP) is 3.48. The molecule has 17 heavy (non-hydrogen) atoms. The molecule has 0 saturated heterocycles. The number of hydrogen-bond donors (Lipinski definition) is 1. The van der Waals surface area contributed by atoms with Crippen LogP contribution >= 0.6 is 15.9 Å². The molecule has 0 atom stereocenters. The largest absolute Gasteiger partial charge is 0.475 e. The van der Waals surface area contributed by atoms with Crippen LogP contribution in [0.3, 0.4) is 0 Å². The summed E-state index contributed by atoms with van der Waals surface area (Å²) < 4.78 is 6.88. The molecular weight excluding hydrogens is 282 g/mol. The zero-order valence-corrected chi connectivity index (χ0v) is 11.0. The Bertz CT molecular complexity index is 466.